The van der Waals surface area contributed by atoms with Crippen molar-refractivity contribution in [3.63, 3.8) is 0 Å². The molecule has 18 heavy (non-hydrogen) atoms. The summed E-state index contributed by atoms with van der Waals surface area (Å²) in [5, 5.41) is 2.12. The third-order valence-corrected chi connectivity index (χ3v) is 2.14. The fourth-order valence-electron chi connectivity index (χ4n) is 1.40. The largest absolute Gasteiger partial charge is 0.416 e. The molecule has 0 saturated carbocycles. The summed E-state index contributed by atoms with van der Waals surface area (Å²) in [7, 11) is 0. The van der Waals surface area contributed by atoms with E-state index in [0.29, 0.717) is 5.56 Å². The minimum absolute atomic E-state index is 0.188. The standard InChI is InChI=1S/C11H11F3N2O2/c1-6-2-7(5-16-10(18)9(15)17)4-8(3-6)11(12,13)14/h2-4H,5H2,1H3,(H2,15,17)(H,16,18). The summed E-state index contributed by atoms with van der Waals surface area (Å²) in [5.74, 6) is -2.22. The second-order valence-corrected chi connectivity index (χ2v) is 3.75. The van der Waals surface area contributed by atoms with Crippen molar-refractivity contribution in [2.24, 2.45) is 5.73 Å². The third kappa shape index (κ3) is 3.76. The first-order chi connectivity index (χ1) is 8.20. The molecule has 0 aromatic heterocycles. The van der Waals surface area contributed by atoms with E-state index < -0.39 is 23.6 Å². The number of benzene rings is 1. The van der Waals surface area contributed by atoms with Gasteiger partial charge in [0.15, 0.2) is 0 Å². The summed E-state index contributed by atoms with van der Waals surface area (Å²) < 4.78 is 37.5. The molecule has 0 aliphatic heterocycles. The summed E-state index contributed by atoms with van der Waals surface area (Å²) in [6.45, 7) is 1.32. The first kappa shape index (κ1) is 14.0. The molecule has 7 heteroatoms. The molecule has 0 heterocycles. The Bertz CT molecular complexity index is 484. The van der Waals surface area contributed by atoms with Gasteiger partial charge in [0, 0.05) is 6.54 Å². The predicted octanol–water partition coefficient (Wildman–Crippen LogP) is 1.12. The molecule has 0 fully saturated rings. The Hall–Kier alpha value is -2.05. The molecule has 1 aromatic rings. The van der Waals surface area contributed by atoms with Crippen LogP contribution in [0.5, 0.6) is 0 Å². The zero-order chi connectivity index (χ0) is 13.9. The molecule has 1 aromatic carbocycles. The second kappa shape index (κ2) is 5.07. The van der Waals surface area contributed by atoms with E-state index in [1.54, 1.807) is 0 Å². The maximum absolute atomic E-state index is 12.5. The zero-order valence-electron chi connectivity index (χ0n) is 9.47. The van der Waals surface area contributed by atoms with Crippen LogP contribution in [-0.4, -0.2) is 11.8 Å². The molecule has 4 nitrogen and oxygen atoms in total. The van der Waals surface area contributed by atoms with Crippen LogP contribution in [0.2, 0.25) is 0 Å². The van der Waals surface area contributed by atoms with Gasteiger partial charge >= 0.3 is 18.0 Å². The first-order valence-electron chi connectivity index (χ1n) is 4.95. The average molecular weight is 260 g/mol. The number of hydrogen-bond acceptors (Lipinski definition) is 2. The van der Waals surface area contributed by atoms with Crippen LogP contribution in [0.3, 0.4) is 0 Å². The van der Waals surface area contributed by atoms with Gasteiger partial charge in [-0.15, -0.1) is 0 Å². The molecule has 1 rings (SSSR count). The van der Waals surface area contributed by atoms with Gasteiger partial charge in [0.1, 0.15) is 0 Å². The number of primary amides is 1. The molecule has 98 valence electrons. The molecule has 2 amide bonds. The van der Waals surface area contributed by atoms with E-state index in [9.17, 15) is 22.8 Å². The van der Waals surface area contributed by atoms with Crippen LogP contribution in [0.15, 0.2) is 18.2 Å². The van der Waals surface area contributed by atoms with Crippen LogP contribution in [-0.2, 0) is 22.3 Å². The van der Waals surface area contributed by atoms with Gasteiger partial charge in [-0.05, 0) is 24.6 Å². The number of aryl methyl sites for hydroxylation is 1. The highest BCUT2D eigenvalue weighted by Gasteiger charge is 2.30. The van der Waals surface area contributed by atoms with E-state index in [-0.39, 0.29) is 12.1 Å². The second-order valence-electron chi connectivity index (χ2n) is 3.75. The number of nitrogens with one attached hydrogen (secondary N) is 1. The SMILES string of the molecule is Cc1cc(CNC(=O)C(N)=O)cc(C(F)(F)F)c1. The molecule has 0 unspecified atom stereocenters. The van der Waals surface area contributed by atoms with Crippen molar-refractivity contribution in [1.29, 1.82) is 0 Å². The van der Waals surface area contributed by atoms with Crippen LogP contribution < -0.4 is 11.1 Å². The Morgan fingerprint density at radius 1 is 1.28 bits per heavy atom. The van der Waals surface area contributed by atoms with Crippen LogP contribution in [0.4, 0.5) is 13.2 Å². The van der Waals surface area contributed by atoms with Gasteiger partial charge in [-0.1, -0.05) is 11.6 Å². The van der Waals surface area contributed by atoms with E-state index in [4.69, 9.17) is 5.73 Å². The topological polar surface area (TPSA) is 72.2 Å². The number of hydrogen-bond donors (Lipinski definition) is 2. The quantitative estimate of drug-likeness (QED) is 0.782. The van der Waals surface area contributed by atoms with Crippen molar-refractivity contribution in [1.82, 2.24) is 5.32 Å². The number of nitrogens with two attached hydrogens (primary N) is 1. The van der Waals surface area contributed by atoms with Gasteiger partial charge in [-0.2, -0.15) is 13.2 Å². The van der Waals surface area contributed by atoms with Crippen LogP contribution >= 0.6 is 0 Å². The number of carbonyl (C=O) groups is 2. The van der Waals surface area contributed by atoms with Gasteiger partial charge in [0.05, 0.1) is 5.56 Å². The van der Waals surface area contributed by atoms with Gasteiger partial charge in [-0.3, -0.25) is 9.59 Å². The molecular formula is C11H11F3N2O2. The minimum Gasteiger partial charge on any atom is -0.361 e. The fraction of sp³-hybridized carbons (Fsp3) is 0.273. The summed E-state index contributed by atoms with van der Waals surface area (Å²) in [4.78, 5) is 21.3. The lowest BCUT2D eigenvalue weighted by Crippen LogP contribution is -2.35. The molecule has 0 aliphatic rings. The Labute approximate surface area is 101 Å². The summed E-state index contributed by atoms with van der Waals surface area (Å²) in [6, 6.07) is 3.39. The van der Waals surface area contributed by atoms with E-state index >= 15 is 0 Å². The highest BCUT2D eigenvalue weighted by molar-refractivity contribution is 6.34. The zero-order valence-corrected chi connectivity index (χ0v) is 9.47. The van der Waals surface area contributed by atoms with Crippen molar-refractivity contribution < 1.29 is 22.8 Å². The molecule has 3 N–H and O–H groups in total. The first-order valence-corrected chi connectivity index (χ1v) is 4.95. The van der Waals surface area contributed by atoms with Crippen LogP contribution in [0.25, 0.3) is 0 Å². The van der Waals surface area contributed by atoms with Crippen molar-refractivity contribution in [2.45, 2.75) is 19.6 Å². The normalized spacial score (nSPS) is 11.1. The predicted molar refractivity (Wildman–Crippen MR) is 57.2 cm³/mol. The van der Waals surface area contributed by atoms with Crippen molar-refractivity contribution in [3.05, 3.63) is 34.9 Å². The molecule has 0 spiro atoms. The lowest BCUT2D eigenvalue weighted by Gasteiger charge is -2.10. The lowest BCUT2D eigenvalue weighted by atomic mass is 10.1. The van der Waals surface area contributed by atoms with Crippen molar-refractivity contribution >= 4 is 11.8 Å². The summed E-state index contributed by atoms with van der Waals surface area (Å²) in [6.07, 6.45) is -4.45. The van der Waals surface area contributed by atoms with Crippen molar-refractivity contribution in [3.8, 4) is 0 Å². The Morgan fingerprint density at radius 3 is 2.39 bits per heavy atom. The molecule has 0 saturated heterocycles. The van der Waals surface area contributed by atoms with E-state index in [2.05, 4.69) is 5.32 Å². The van der Waals surface area contributed by atoms with Crippen molar-refractivity contribution in [2.75, 3.05) is 0 Å². The fourth-order valence-corrected chi connectivity index (χ4v) is 1.40. The third-order valence-electron chi connectivity index (χ3n) is 2.14. The molecular weight excluding hydrogens is 249 g/mol. The number of alkyl halides is 3. The minimum atomic E-state index is -4.45. The van der Waals surface area contributed by atoms with Gasteiger partial charge < -0.3 is 11.1 Å². The highest BCUT2D eigenvalue weighted by atomic mass is 19.4. The number of carbonyl (C=O) groups excluding carboxylic acids is 2. The maximum Gasteiger partial charge on any atom is 0.416 e. The van der Waals surface area contributed by atoms with Gasteiger partial charge in [0.2, 0.25) is 0 Å². The van der Waals surface area contributed by atoms with E-state index in [1.165, 1.54) is 13.0 Å². The molecule has 0 bridgehead atoms. The van der Waals surface area contributed by atoms with Gasteiger partial charge in [0.25, 0.3) is 0 Å². The Kier molecular flexibility index (Phi) is 3.95. The summed E-state index contributed by atoms with van der Waals surface area (Å²) in [5.41, 5.74) is 4.56. The number of amides is 2. The lowest BCUT2D eigenvalue weighted by molar-refractivity contribution is -0.137. The molecule has 0 aliphatic carbocycles. The van der Waals surface area contributed by atoms with E-state index in [0.717, 1.165) is 12.1 Å². The van der Waals surface area contributed by atoms with Gasteiger partial charge in [-0.25, -0.2) is 0 Å². The Balaban J connectivity index is 2.87. The smallest absolute Gasteiger partial charge is 0.361 e. The average Bonchev–Trinajstić information content (AvgIpc) is 2.23. The molecule has 0 radical (unpaired) electrons. The van der Waals surface area contributed by atoms with Crippen LogP contribution in [0.1, 0.15) is 16.7 Å². The monoisotopic (exact) mass is 260 g/mol. The van der Waals surface area contributed by atoms with Crippen LogP contribution in [0, 0.1) is 6.92 Å². The number of halogens is 3. The summed E-state index contributed by atoms with van der Waals surface area (Å²) >= 11 is 0. The molecule has 0 atom stereocenters. The maximum atomic E-state index is 12.5. The van der Waals surface area contributed by atoms with E-state index in [1.807, 2.05) is 0 Å². The Morgan fingerprint density at radius 2 is 1.89 bits per heavy atom. The number of rotatable bonds is 2. The highest BCUT2D eigenvalue weighted by Crippen LogP contribution is 2.30.